The first kappa shape index (κ1) is 21.4. The van der Waals surface area contributed by atoms with Gasteiger partial charge in [0.05, 0.1) is 12.6 Å². The van der Waals surface area contributed by atoms with Gasteiger partial charge in [0.1, 0.15) is 6.10 Å². The number of ether oxygens (including phenoxy) is 1. The summed E-state index contributed by atoms with van der Waals surface area (Å²) in [5.41, 5.74) is 5.58. The standard InChI is InChI=1S/C15H26N4O3.2ClH/c16-9-12-3-4-13(22-12)15(21)19-7-5-18(6-8-19)10-14(20)17-11-1-2-11;;/h11-13H,1-10,16H2,(H,17,20);2*1H/t12-,13+;;/m1../s1. The molecule has 0 spiro atoms. The van der Waals surface area contributed by atoms with E-state index in [1.165, 1.54) is 0 Å². The Balaban J connectivity index is 0.00000144. The number of nitrogens with one attached hydrogen (secondary N) is 1. The van der Waals surface area contributed by atoms with E-state index < -0.39 is 0 Å². The SMILES string of the molecule is Cl.Cl.NC[C@H]1CC[C@@H](C(=O)N2CCN(CC(=O)NC3CC3)CC2)O1. The number of hydrogen-bond donors (Lipinski definition) is 2. The summed E-state index contributed by atoms with van der Waals surface area (Å²) >= 11 is 0. The third kappa shape index (κ3) is 5.74. The Morgan fingerprint density at radius 3 is 2.25 bits per heavy atom. The molecular formula is C15H28Cl2N4O3. The third-order valence-electron chi connectivity index (χ3n) is 4.64. The van der Waals surface area contributed by atoms with Gasteiger partial charge in [-0.05, 0) is 25.7 Å². The number of nitrogens with zero attached hydrogens (tertiary/aromatic N) is 2. The van der Waals surface area contributed by atoms with E-state index in [0.29, 0.717) is 32.2 Å². The maximum absolute atomic E-state index is 12.4. The molecule has 1 aliphatic carbocycles. The Kier molecular flexibility index (Phi) is 8.73. The van der Waals surface area contributed by atoms with Crippen molar-refractivity contribution in [1.29, 1.82) is 0 Å². The number of rotatable bonds is 5. The molecule has 140 valence electrons. The van der Waals surface area contributed by atoms with Crippen LogP contribution in [0.15, 0.2) is 0 Å². The van der Waals surface area contributed by atoms with Crippen molar-refractivity contribution in [3.8, 4) is 0 Å². The summed E-state index contributed by atoms with van der Waals surface area (Å²) in [4.78, 5) is 28.2. The molecule has 0 aromatic heterocycles. The summed E-state index contributed by atoms with van der Waals surface area (Å²) in [5.74, 6) is 0.185. The van der Waals surface area contributed by atoms with Crippen molar-refractivity contribution in [3.63, 3.8) is 0 Å². The zero-order valence-corrected chi connectivity index (χ0v) is 15.4. The average Bonchev–Trinajstić information content (AvgIpc) is 3.20. The van der Waals surface area contributed by atoms with E-state index in [2.05, 4.69) is 10.2 Å². The van der Waals surface area contributed by atoms with Gasteiger partial charge >= 0.3 is 0 Å². The lowest BCUT2D eigenvalue weighted by molar-refractivity contribution is -0.144. The highest BCUT2D eigenvalue weighted by Gasteiger charge is 2.34. The Labute approximate surface area is 155 Å². The minimum atomic E-state index is -0.321. The lowest BCUT2D eigenvalue weighted by atomic mass is 10.1. The van der Waals surface area contributed by atoms with E-state index >= 15 is 0 Å². The van der Waals surface area contributed by atoms with Crippen LogP contribution < -0.4 is 11.1 Å². The second-order valence-corrected chi connectivity index (χ2v) is 6.50. The van der Waals surface area contributed by atoms with Gasteiger partial charge in [0.25, 0.3) is 5.91 Å². The predicted molar refractivity (Wildman–Crippen MR) is 95.6 cm³/mol. The fourth-order valence-electron chi connectivity index (χ4n) is 3.09. The molecule has 24 heavy (non-hydrogen) atoms. The molecule has 7 nitrogen and oxygen atoms in total. The van der Waals surface area contributed by atoms with Crippen LogP contribution in [0, 0.1) is 0 Å². The molecule has 1 saturated carbocycles. The third-order valence-corrected chi connectivity index (χ3v) is 4.64. The van der Waals surface area contributed by atoms with E-state index in [1.54, 1.807) is 0 Å². The van der Waals surface area contributed by atoms with Crippen molar-refractivity contribution in [3.05, 3.63) is 0 Å². The van der Waals surface area contributed by atoms with Crippen molar-refractivity contribution in [2.75, 3.05) is 39.3 Å². The highest BCUT2D eigenvalue weighted by atomic mass is 35.5. The number of amides is 2. The average molecular weight is 383 g/mol. The molecule has 0 bridgehead atoms. The minimum Gasteiger partial charge on any atom is -0.364 e. The molecule has 2 saturated heterocycles. The van der Waals surface area contributed by atoms with Gasteiger partial charge in [-0.25, -0.2) is 0 Å². The van der Waals surface area contributed by atoms with E-state index in [4.69, 9.17) is 10.5 Å². The van der Waals surface area contributed by atoms with Crippen LogP contribution in [-0.4, -0.2) is 79.1 Å². The van der Waals surface area contributed by atoms with Crippen molar-refractivity contribution in [1.82, 2.24) is 15.1 Å². The molecule has 3 N–H and O–H groups in total. The largest absolute Gasteiger partial charge is 0.364 e. The number of nitrogens with two attached hydrogens (primary N) is 1. The summed E-state index contributed by atoms with van der Waals surface area (Å²) in [7, 11) is 0. The van der Waals surface area contributed by atoms with E-state index in [9.17, 15) is 9.59 Å². The molecule has 2 amide bonds. The van der Waals surface area contributed by atoms with Gasteiger partial charge in [-0.3, -0.25) is 14.5 Å². The fraction of sp³-hybridized carbons (Fsp3) is 0.867. The van der Waals surface area contributed by atoms with Crippen LogP contribution in [0.3, 0.4) is 0 Å². The molecule has 3 rings (SSSR count). The number of halogens is 2. The van der Waals surface area contributed by atoms with Gasteiger partial charge in [0, 0.05) is 38.8 Å². The normalized spacial score (nSPS) is 27.1. The smallest absolute Gasteiger partial charge is 0.251 e. The van der Waals surface area contributed by atoms with Gasteiger partial charge in [-0.2, -0.15) is 0 Å². The second kappa shape index (κ2) is 9.77. The van der Waals surface area contributed by atoms with Gasteiger partial charge in [-0.1, -0.05) is 0 Å². The maximum Gasteiger partial charge on any atom is 0.251 e. The van der Waals surface area contributed by atoms with Gasteiger partial charge in [0.15, 0.2) is 0 Å². The topological polar surface area (TPSA) is 87.9 Å². The zero-order chi connectivity index (χ0) is 15.5. The van der Waals surface area contributed by atoms with Crippen LogP contribution in [-0.2, 0) is 14.3 Å². The van der Waals surface area contributed by atoms with Gasteiger partial charge in [-0.15, -0.1) is 24.8 Å². The van der Waals surface area contributed by atoms with Crippen LogP contribution in [0.1, 0.15) is 25.7 Å². The maximum atomic E-state index is 12.4. The molecule has 2 aliphatic heterocycles. The molecule has 0 aromatic rings. The van der Waals surface area contributed by atoms with Crippen LogP contribution in [0.4, 0.5) is 0 Å². The van der Waals surface area contributed by atoms with E-state index in [-0.39, 0.29) is 48.8 Å². The molecule has 0 unspecified atom stereocenters. The van der Waals surface area contributed by atoms with Crippen molar-refractivity contribution in [2.45, 2.75) is 43.9 Å². The van der Waals surface area contributed by atoms with Crippen LogP contribution in [0.25, 0.3) is 0 Å². The first-order valence-corrected chi connectivity index (χ1v) is 8.31. The molecule has 9 heteroatoms. The van der Waals surface area contributed by atoms with Crippen molar-refractivity contribution >= 4 is 36.6 Å². The fourth-order valence-corrected chi connectivity index (χ4v) is 3.09. The lowest BCUT2D eigenvalue weighted by Gasteiger charge is -2.35. The zero-order valence-electron chi connectivity index (χ0n) is 13.8. The van der Waals surface area contributed by atoms with E-state index in [1.807, 2.05) is 4.90 Å². The van der Waals surface area contributed by atoms with E-state index in [0.717, 1.165) is 38.8 Å². The summed E-state index contributed by atoms with van der Waals surface area (Å²) < 4.78 is 5.67. The van der Waals surface area contributed by atoms with Crippen molar-refractivity contribution in [2.24, 2.45) is 5.73 Å². The lowest BCUT2D eigenvalue weighted by Crippen LogP contribution is -2.53. The Morgan fingerprint density at radius 2 is 1.71 bits per heavy atom. The Morgan fingerprint density at radius 1 is 1.04 bits per heavy atom. The van der Waals surface area contributed by atoms with Crippen molar-refractivity contribution < 1.29 is 14.3 Å². The molecular weight excluding hydrogens is 355 g/mol. The molecule has 2 heterocycles. The Hall–Kier alpha value is -0.600. The number of carbonyl (C=O) groups excluding carboxylic acids is 2. The summed E-state index contributed by atoms with van der Waals surface area (Å²) in [6.07, 6.45) is 3.57. The summed E-state index contributed by atoms with van der Waals surface area (Å²) in [5, 5.41) is 3.00. The van der Waals surface area contributed by atoms with Crippen LogP contribution >= 0.6 is 24.8 Å². The molecule has 0 radical (unpaired) electrons. The Bertz CT molecular complexity index is 429. The monoisotopic (exact) mass is 382 g/mol. The van der Waals surface area contributed by atoms with Crippen LogP contribution in [0.5, 0.6) is 0 Å². The summed E-state index contributed by atoms with van der Waals surface area (Å²) in [6, 6.07) is 0.408. The first-order chi connectivity index (χ1) is 10.7. The van der Waals surface area contributed by atoms with Gasteiger partial charge in [0.2, 0.25) is 5.91 Å². The first-order valence-electron chi connectivity index (χ1n) is 8.31. The predicted octanol–water partition coefficient (Wildman–Crippen LogP) is -0.241. The molecule has 2 atom stereocenters. The minimum absolute atomic E-state index is 0. The molecule has 3 fully saturated rings. The number of piperazine rings is 1. The highest BCUT2D eigenvalue weighted by Crippen LogP contribution is 2.21. The summed E-state index contributed by atoms with van der Waals surface area (Å²) in [6.45, 7) is 3.75. The quantitative estimate of drug-likeness (QED) is 0.684. The highest BCUT2D eigenvalue weighted by molar-refractivity contribution is 5.85. The second-order valence-electron chi connectivity index (χ2n) is 6.50. The molecule has 0 aromatic carbocycles. The number of carbonyl (C=O) groups is 2. The number of hydrogen-bond acceptors (Lipinski definition) is 5. The van der Waals surface area contributed by atoms with Crippen LogP contribution in [0.2, 0.25) is 0 Å². The molecule has 3 aliphatic rings. The van der Waals surface area contributed by atoms with Gasteiger partial charge < -0.3 is 20.7 Å².